The van der Waals surface area contributed by atoms with Gasteiger partial charge < -0.3 is 5.11 Å². The Kier molecular flexibility index (Phi) is 5.63. The average molecular weight is 421 g/mol. The number of carbonyl (C=O) groups is 1. The van der Waals surface area contributed by atoms with Crippen LogP contribution in [0.15, 0.2) is 42.5 Å². The number of benzene rings is 3. The van der Waals surface area contributed by atoms with E-state index in [9.17, 15) is 18.7 Å². The minimum Gasteiger partial charge on any atom is -0.481 e. The summed E-state index contributed by atoms with van der Waals surface area (Å²) in [7, 11) is 0. The van der Waals surface area contributed by atoms with Crippen LogP contribution in [0.25, 0.3) is 11.1 Å². The zero-order chi connectivity index (χ0) is 22.3. The second kappa shape index (κ2) is 8.23. The van der Waals surface area contributed by atoms with Gasteiger partial charge in [-0.1, -0.05) is 42.0 Å². The smallest absolute Gasteiger partial charge is 0.307 e. The van der Waals surface area contributed by atoms with Crippen molar-refractivity contribution in [1.29, 1.82) is 0 Å². The van der Waals surface area contributed by atoms with Gasteiger partial charge in [0.05, 0.1) is 6.42 Å². The summed E-state index contributed by atoms with van der Waals surface area (Å²) in [5.41, 5.74) is 8.54. The topological polar surface area (TPSA) is 40.5 Å². The highest BCUT2D eigenvalue weighted by atomic mass is 19.2. The Morgan fingerprint density at radius 2 is 1.61 bits per heavy atom. The minimum absolute atomic E-state index is 0.0539. The fraction of sp³-hybridized carbons (Fsp3) is 0.269. The third-order valence-electron chi connectivity index (χ3n) is 6.26. The van der Waals surface area contributed by atoms with E-state index in [1.807, 2.05) is 45.0 Å². The molecule has 0 fully saturated rings. The number of aryl methyl sites for hydroxylation is 1. The molecule has 0 bridgehead atoms. The van der Waals surface area contributed by atoms with Gasteiger partial charge in [-0.3, -0.25) is 9.69 Å². The molecule has 0 aliphatic carbocycles. The van der Waals surface area contributed by atoms with E-state index in [0.29, 0.717) is 25.2 Å². The van der Waals surface area contributed by atoms with E-state index < -0.39 is 17.6 Å². The first-order valence-electron chi connectivity index (χ1n) is 10.3. The van der Waals surface area contributed by atoms with Crippen molar-refractivity contribution in [2.75, 3.05) is 0 Å². The molecule has 0 saturated carbocycles. The third kappa shape index (κ3) is 3.98. The molecule has 0 spiro atoms. The first-order valence-corrected chi connectivity index (χ1v) is 10.3. The minimum atomic E-state index is -0.868. The lowest BCUT2D eigenvalue weighted by Crippen LogP contribution is -2.17. The SMILES string of the molecule is Cc1ccc(-c2c(C)c3c(c(C)c2CC(=O)O)CN(Cc2cccc(F)c2F)C3)cc1. The van der Waals surface area contributed by atoms with Crippen molar-refractivity contribution in [2.45, 2.75) is 46.8 Å². The molecular formula is C26H25F2NO2. The second-order valence-corrected chi connectivity index (χ2v) is 8.36. The lowest BCUT2D eigenvalue weighted by Gasteiger charge is -2.20. The molecule has 1 aliphatic rings. The quantitative estimate of drug-likeness (QED) is 0.575. The van der Waals surface area contributed by atoms with Crippen LogP contribution in [0.3, 0.4) is 0 Å². The van der Waals surface area contributed by atoms with Gasteiger partial charge in [-0.2, -0.15) is 0 Å². The average Bonchev–Trinajstić information content (AvgIpc) is 3.15. The third-order valence-corrected chi connectivity index (χ3v) is 6.26. The van der Waals surface area contributed by atoms with Crippen molar-refractivity contribution in [3.63, 3.8) is 0 Å². The van der Waals surface area contributed by atoms with Crippen molar-refractivity contribution in [1.82, 2.24) is 4.90 Å². The molecular weight excluding hydrogens is 396 g/mol. The zero-order valence-electron chi connectivity index (χ0n) is 17.9. The van der Waals surface area contributed by atoms with Crippen LogP contribution in [-0.2, 0) is 30.8 Å². The second-order valence-electron chi connectivity index (χ2n) is 8.36. The summed E-state index contributed by atoms with van der Waals surface area (Å²) < 4.78 is 27.8. The number of hydrogen-bond acceptors (Lipinski definition) is 2. The number of aliphatic carboxylic acids is 1. The van der Waals surface area contributed by atoms with Crippen LogP contribution < -0.4 is 0 Å². The molecule has 31 heavy (non-hydrogen) atoms. The van der Waals surface area contributed by atoms with Gasteiger partial charge >= 0.3 is 5.97 Å². The highest BCUT2D eigenvalue weighted by Gasteiger charge is 2.28. The van der Waals surface area contributed by atoms with E-state index in [1.165, 1.54) is 6.07 Å². The first kappa shape index (κ1) is 21.2. The molecule has 1 aliphatic heterocycles. The van der Waals surface area contributed by atoms with Gasteiger partial charge in [0.1, 0.15) is 0 Å². The van der Waals surface area contributed by atoms with Gasteiger partial charge in [-0.15, -0.1) is 0 Å². The number of carboxylic acid groups (broad SMARTS) is 1. The zero-order valence-corrected chi connectivity index (χ0v) is 17.9. The summed E-state index contributed by atoms with van der Waals surface area (Å²) in [6.07, 6.45) is -0.0539. The Morgan fingerprint density at radius 1 is 0.968 bits per heavy atom. The van der Waals surface area contributed by atoms with Crippen LogP contribution in [0.5, 0.6) is 0 Å². The fourth-order valence-corrected chi connectivity index (χ4v) is 4.64. The summed E-state index contributed by atoms with van der Waals surface area (Å²) >= 11 is 0. The highest BCUT2D eigenvalue weighted by molar-refractivity contribution is 5.81. The van der Waals surface area contributed by atoms with Crippen molar-refractivity contribution < 1.29 is 18.7 Å². The lowest BCUT2D eigenvalue weighted by atomic mass is 9.84. The van der Waals surface area contributed by atoms with Gasteiger partial charge in [-0.25, -0.2) is 8.78 Å². The predicted octanol–water partition coefficient (Wildman–Crippen LogP) is 5.70. The predicted molar refractivity (Wildman–Crippen MR) is 117 cm³/mol. The molecule has 3 aromatic rings. The van der Waals surface area contributed by atoms with Crippen molar-refractivity contribution in [3.05, 3.63) is 93.0 Å². The summed E-state index contributed by atoms with van der Waals surface area (Å²) in [6.45, 7) is 7.52. The summed E-state index contributed by atoms with van der Waals surface area (Å²) in [6, 6.07) is 12.4. The van der Waals surface area contributed by atoms with Crippen molar-refractivity contribution in [3.8, 4) is 11.1 Å². The number of carboxylic acids is 1. The molecule has 4 rings (SSSR count). The molecule has 1 N–H and O–H groups in total. The Bertz CT molecular complexity index is 1170. The molecule has 3 nitrogen and oxygen atoms in total. The summed E-state index contributed by atoms with van der Waals surface area (Å²) in [4.78, 5) is 13.7. The Hall–Kier alpha value is -3.05. The maximum atomic E-state index is 14.2. The maximum absolute atomic E-state index is 14.2. The number of hydrogen-bond donors (Lipinski definition) is 1. The van der Waals surface area contributed by atoms with E-state index in [2.05, 4.69) is 4.90 Å². The number of rotatable bonds is 5. The van der Waals surface area contributed by atoms with E-state index >= 15 is 0 Å². The van der Waals surface area contributed by atoms with Crippen molar-refractivity contribution in [2.24, 2.45) is 0 Å². The monoisotopic (exact) mass is 421 g/mol. The van der Waals surface area contributed by atoms with E-state index in [4.69, 9.17) is 0 Å². The number of fused-ring (bicyclic) bond motifs is 1. The highest BCUT2D eigenvalue weighted by Crippen LogP contribution is 2.40. The summed E-state index contributed by atoms with van der Waals surface area (Å²) in [5, 5.41) is 9.56. The Labute approximate surface area is 181 Å². The van der Waals surface area contributed by atoms with Gasteiger partial charge in [0.25, 0.3) is 0 Å². The van der Waals surface area contributed by atoms with Gasteiger partial charge in [-0.05, 0) is 65.8 Å². The van der Waals surface area contributed by atoms with Crippen LogP contribution in [0, 0.1) is 32.4 Å². The number of nitrogens with zero attached hydrogens (tertiary/aromatic N) is 1. The van der Waals surface area contributed by atoms with Gasteiger partial charge in [0.2, 0.25) is 0 Å². The molecule has 0 aromatic heterocycles. The van der Waals surface area contributed by atoms with Crippen LogP contribution in [0.1, 0.15) is 38.9 Å². The Balaban J connectivity index is 1.77. The van der Waals surface area contributed by atoms with Crippen LogP contribution >= 0.6 is 0 Å². The molecule has 0 radical (unpaired) electrons. The van der Waals surface area contributed by atoms with Crippen LogP contribution in [-0.4, -0.2) is 16.0 Å². The summed E-state index contributed by atoms with van der Waals surface area (Å²) in [5.74, 6) is -2.52. The largest absolute Gasteiger partial charge is 0.481 e. The molecule has 160 valence electrons. The molecule has 5 heteroatoms. The fourth-order valence-electron chi connectivity index (χ4n) is 4.64. The van der Waals surface area contributed by atoms with Gasteiger partial charge in [0, 0.05) is 25.2 Å². The molecule has 0 atom stereocenters. The molecule has 0 amide bonds. The number of halogens is 2. The lowest BCUT2D eigenvalue weighted by molar-refractivity contribution is -0.136. The van der Waals surface area contributed by atoms with Crippen molar-refractivity contribution >= 4 is 5.97 Å². The first-order chi connectivity index (χ1) is 14.8. The van der Waals surface area contributed by atoms with Gasteiger partial charge in [0.15, 0.2) is 11.6 Å². The standard InChI is InChI=1S/C26H25F2NO2/c1-15-7-9-18(10-8-15)25-17(3)22-14-29(12-19-5-4-6-23(27)26(19)28)13-21(22)16(2)20(25)11-24(30)31/h4-10H,11-14H2,1-3H3,(H,30,31). The van der Waals surface area contributed by atoms with E-state index in [0.717, 1.165) is 50.6 Å². The van der Waals surface area contributed by atoms with Crippen LogP contribution in [0.2, 0.25) is 0 Å². The van der Waals surface area contributed by atoms with E-state index in [-0.39, 0.29) is 6.42 Å². The molecule has 0 unspecified atom stereocenters. The van der Waals surface area contributed by atoms with Crippen LogP contribution in [0.4, 0.5) is 8.78 Å². The molecule has 3 aromatic carbocycles. The molecule has 0 saturated heterocycles. The van der Waals surface area contributed by atoms with E-state index in [1.54, 1.807) is 6.07 Å². The maximum Gasteiger partial charge on any atom is 0.307 e. The normalized spacial score (nSPS) is 13.5. The molecule has 1 heterocycles. The Morgan fingerprint density at radius 3 is 2.26 bits per heavy atom.